The van der Waals surface area contributed by atoms with Crippen LogP contribution in [0.4, 0.5) is 17.1 Å². The lowest BCUT2D eigenvalue weighted by Gasteiger charge is -2.33. The summed E-state index contributed by atoms with van der Waals surface area (Å²) >= 11 is 0. The van der Waals surface area contributed by atoms with Crippen molar-refractivity contribution >= 4 is 51.5 Å². The summed E-state index contributed by atoms with van der Waals surface area (Å²) in [6.45, 7) is 7.21. The first-order valence-corrected chi connectivity index (χ1v) is 12.9. The number of rotatable bonds is 4. The van der Waals surface area contributed by atoms with Gasteiger partial charge in [0.25, 0.3) is 23.6 Å². The fourth-order valence-electron chi connectivity index (χ4n) is 5.38. The SMILES string of the molecule is [C-]#[N+]c1ccc(N2C(=O)c3ccc4c5c(cc(Oc6cccnc6)c(c35)C2=O)C(=O)N(c2ccc(C#N)cc2)C4=O)cc1. The van der Waals surface area contributed by atoms with E-state index in [2.05, 4.69) is 9.83 Å². The molecule has 202 valence electrons. The number of aromatic nitrogens is 1. The number of imide groups is 2. The van der Waals surface area contributed by atoms with Gasteiger partial charge in [-0.05, 0) is 66.7 Å². The van der Waals surface area contributed by atoms with E-state index >= 15 is 0 Å². The lowest BCUT2D eigenvalue weighted by molar-refractivity contribution is 0.0871. The molecule has 43 heavy (non-hydrogen) atoms. The third kappa shape index (κ3) is 3.75. The second-order valence-electron chi connectivity index (χ2n) is 9.68. The third-order valence-electron chi connectivity index (χ3n) is 7.32. The summed E-state index contributed by atoms with van der Waals surface area (Å²) < 4.78 is 6.12. The van der Waals surface area contributed by atoms with Crippen LogP contribution >= 0.6 is 0 Å². The number of pyridine rings is 1. The number of amides is 4. The van der Waals surface area contributed by atoms with E-state index in [4.69, 9.17) is 11.3 Å². The Hall–Kier alpha value is -6.65. The van der Waals surface area contributed by atoms with E-state index in [1.165, 1.54) is 72.9 Å². The smallest absolute Gasteiger partial charge is 0.269 e. The molecule has 0 spiro atoms. The molecule has 10 nitrogen and oxygen atoms in total. The first kappa shape index (κ1) is 25.3. The first-order valence-electron chi connectivity index (χ1n) is 12.9. The fraction of sp³-hybridized carbons (Fsp3) is 0. The maximum Gasteiger partial charge on any atom is 0.269 e. The van der Waals surface area contributed by atoms with E-state index in [0.717, 1.165) is 9.80 Å². The fourth-order valence-corrected chi connectivity index (χ4v) is 5.38. The number of hydrogen-bond donors (Lipinski definition) is 0. The Morgan fingerprint density at radius 1 is 0.744 bits per heavy atom. The van der Waals surface area contributed by atoms with Gasteiger partial charge < -0.3 is 4.74 Å². The van der Waals surface area contributed by atoms with E-state index in [-0.39, 0.29) is 55.9 Å². The molecule has 5 aromatic rings. The molecule has 0 fully saturated rings. The van der Waals surface area contributed by atoms with Crippen LogP contribution in [-0.4, -0.2) is 28.6 Å². The molecule has 7 rings (SSSR count). The number of nitriles is 1. The van der Waals surface area contributed by atoms with Crippen LogP contribution in [0.25, 0.3) is 15.6 Å². The van der Waals surface area contributed by atoms with Crippen molar-refractivity contribution in [1.29, 1.82) is 5.26 Å². The van der Waals surface area contributed by atoms with Gasteiger partial charge in [-0.2, -0.15) is 5.26 Å². The number of nitrogens with zero attached hydrogens (tertiary/aromatic N) is 5. The molecule has 4 aromatic carbocycles. The average molecular weight is 562 g/mol. The van der Waals surface area contributed by atoms with Crippen molar-refractivity contribution in [2.24, 2.45) is 0 Å². The van der Waals surface area contributed by atoms with E-state index in [1.54, 1.807) is 18.3 Å². The number of carbonyl (C=O) groups excluding carboxylic acids is 4. The molecule has 0 N–H and O–H groups in total. The van der Waals surface area contributed by atoms with Crippen molar-refractivity contribution in [3.8, 4) is 17.6 Å². The summed E-state index contributed by atoms with van der Waals surface area (Å²) in [5.74, 6) is -2.42. The van der Waals surface area contributed by atoms with Crippen LogP contribution in [0.5, 0.6) is 11.5 Å². The van der Waals surface area contributed by atoms with Crippen molar-refractivity contribution in [2.45, 2.75) is 0 Å². The van der Waals surface area contributed by atoms with Crippen LogP contribution in [0, 0.1) is 17.9 Å². The largest absolute Gasteiger partial charge is 0.455 e. The Balaban J connectivity index is 1.48. The second kappa shape index (κ2) is 9.47. The van der Waals surface area contributed by atoms with Gasteiger partial charge in [0.15, 0.2) is 5.69 Å². The van der Waals surface area contributed by atoms with Gasteiger partial charge in [0, 0.05) is 33.8 Å². The highest BCUT2D eigenvalue weighted by molar-refractivity contribution is 6.42. The first-order chi connectivity index (χ1) is 20.9. The Kier molecular flexibility index (Phi) is 5.58. The van der Waals surface area contributed by atoms with Crippen LogP contribution in [0.3, 0.4) is 0 Å². The maximum atomic E-state index is 14.2. The van der Waals surface area contributed by atoms with Crippen LogP contribution in [-0.2, 0) is 0 Å². The van der Waals surface area contributed by atoms with Crippen molar-refractivity contribution < 1.29 is 23.9 Å². The lowest BCUT2D eigenvalue weighted by Crippen LogP contribution is -2.43. The highest BCUT2D eigenvalue weighted by atomic mass is 16.5. The Morgan fingerprint density at radius 3 is 1.95 bits per heavy atom. The molecule has 0 aliphatic carbocycles. The number of ether oxygens (including phenoxy) is 1. The van der Waals surface area contributed by atoms with Gasteiger partial charge in [0.05, 0.1) is 41.2 Å². The number of benzene rings is 4. The summed E-state index contributed by atoms with van der Waals surface area (Å²) in [5.41, 5.74) is 1.49. The van der Waals surface area contributed by atoms with Crippen LogP contribution in [0.2, 0.25) is 0 Å². The van der Waals surface area contributed by atoms with Gasteiger partial charge >= 0.3 is 0 Å². The Bertz CT molecular complexity index is 2140. The van der Waals surface area contributed by atoms with Crippen molar-refractivity contribution in [3.63, 3.8) is 0 Å². The minimum Gasteiger partial charge on any atom is -0.455 e. The molecular weight excluding hydrogens is 546 g/mol. The number of anilines is 2. The van der Waals surface area contributed by atoms with Gasteiger partial charge in [-0.15, -0.1) is 0 Å². The zero-order chi connectivity index (χ0) is 29.8. The van der Waals surface area contributed by atoms with Gasteiger partial charge in [-0.1, -0.05) is 12.1 Å². The van der Waals surface area contributed by atoms with E-state index in [1.807, 2.05) is 6.07 Å². The standard InChI is InChI=1S/C33H15N5O5/c1-35-19-6-10-21(11-7-19)38-31(40)24-13-12-23-27-25(32(41)37(30(23)39)20-8-4-18(16-34)5-9-20)15-26(29(28(24)27)33(38)42)43-22-3-2-14-36-17-22/h2-15,17H. The van der Waals surface area contributed by atoms with Crippen LogP contribution in [0.15, 0.2) is 91.3 Å². The topological polar surface area (TPSA) is 125 Å². The van der Waals surface area contributed by atoms with Crippen molar-refractivity contribution in [1.82, 2.24) is 4.98 Å². The number of hydrogen-bond acceptors (Lipinski definition) is 7. The highest BCUT2D eigenvalue weighted by Gasteiger charge is 2.42. The molecule has 0 bridgehead atoms. The normalized spacial score (nSPS) is 13.6. The molecule has 2 aliphatic heterocycles. The zero-order valence-electron chi connectivity index (χ0n) is 21.9. The maximum absolute atomic E-state index is 14.2. The minimum absolute atomic E-state index is 0.000678. The van der Waals surface area contributed by atoms with Gasteiger partial charge in [0.2, 0.25) is 0 Å². The molecule has 1 aromatic heterocycles. The molecule has 0 atom stereocenters. The van der Waals surface area contributed by atoms with E-state index in [9.17, 15) is 24.4 Å². The molecule has 2 aliphatic rings. The van der Waals surface area contributed by atoms with E-state index in [0.29, 0.717) is 11.3 Å². The monoisotopic (exact) mass is 561 g/mol. The zero-order valence-corrected chi connectivity index (χ0v) is 21.9. The molecule has 4 amide bonds. The lowest BCUT2D eigenvalue weighted by atomic mass is 9.85. The molecule has 0 unspecified atom stereocenters. The van der Waals surface area contributed by atoms with Crippen molar-refractivity contribution in [3.05, 3.63) is 130 Å². The van der Waals surface area contributed by atoms with Gasteiger partial charge in [-0.3, -0.25) is 24.2 Å². The summed E-state index contributed by atoms with van der Waals surface area (Å²) in [6, 6.07) is 21.6. The third-order valence-corrected chi connectivity index (χ3v) is 7.32. The predicted molar refractivity (Wildman–Crippen MR) is 154 cm³/mol. The quantitative estimate of drug-likeness (QED) is 0.193. The van der Waals surface area contributed by atoms with E-state index < -0.39 is 23.6 Å². The van der Waals surface area contributed by atoms with Crippen molar-refractivity contribution in [2.75, 3.05) is 9.80 Å². The summed E-state index contributed by atoms with van der Waals surface area (Å²) in [5, 5.41) is 9.49. The highest BCUT2D eigenvalue weighted by Crippen LogP contribution is 2.45. The average Bonchev–Trinajstić information content (AvgIpc) is 3.04. The second-order valence-corrected chi connectivity index (χ2v) is 9.68. The minimum atomic E-state index is -0.718. The molecule has 0 radical (unpaired) electrons. The molecule has 3 heterocycles. The van der Waals surface area contributed by atoms with Gasteiger partial charge in [0.1, 0.15) is 11.5 Å². The van der Waals surface area contributed by atoms with Crippen LogP contribution in [0.1, 0.15) is 47.0 Å². The molecule has 10 heteroatoms. The molecule has 0 saturated carbocycles. The van der Waals surface area contributed by atoms with Gasteiger partial charge in [-0.25, -0.2) is 14.6 Å². The Morgan fingerprint density at radius 2 is 1.35 bits per heavy atom. The summed E-state index contributed by atoms with van der Waals surface area (Å²) in [7, 11) is 0. The van der Waals surface area contributed by atoms with Crippen LogP contribution < -0.4 is 14.5 Å². The summed E-state index contributed by atoms with van der Waals surface area (Å²) in [6.07, 6.45) is 2.99. The summed E-state index contributed by atoms with van der Waals surface area (Å²) in [4.78, 5) is 65.2. The molecule has 0 saturated heterocycles. The number of carbonyl (C=O) groups is 4. The predicted octanol–water partition coefficient (Wildman–Crippen LogP) is 6.05. The Labute approximate surface area is 243 Å². The molecular formula is C33H15N5O5.